The molecule has 3 nitrogen and oxygen atoms in total. The van der Waals surface area contributed by atoms with Gasteiger partial charge in [-0.15, -0.1) is 0 Å². The van der Waals surface area contributed by atoms with Gasteiger partial charge in [-0.2, -0.15) is 0 Å². The summed E-state index contributed by atoms with van der Waals surface area (Å²) in [7, 11) is 0. The quantitative estimate of drug-likeness (QED) is 0.708. The molecule has 0 saturated heterocycles. The smallest absolute Gasteiger partial charge is 0.248 e. The molecule has 0 unspecified atom stereocenters. The number of rotatable bonds is 1. The highest BCUT2D eigenvalue weighted by Gasteiger charge is 2.17. The van der Waals surface area contributed by atoms with Crippen LogP contribution in [0.5, 0.6) is 0 Å². The first-order chi connectivity index (χ1) is 8.70. The van der Waals surface area contributed by atoms with Crippen molar-refractivity contribution in [2.45, 2.75) is 13.0 Å². The summed E-state index contributed by atoms with van der Waals surface area (Å²) in [5, 5.41) is 2.17. The van der Waals surface area contributed by atoms with Crippen molar-refractivity contribution in [3.63, 3.8) is 0 Å². The van der Waals surface area contributed by atoms with E-state index >= 15 is 0 Å². The van der Waals surface area contributed by atoms with Crippen LogP contribution in [0.1, 0.15) is 11.7 Å². The van der Waals surface area contributed by atoms with Gasteiger partial charge in [0.1, 0.15) is 0 Å². The van der Waals surface area contributed by atoms with Gasteiger partial charge >= 0.3 is 0 Å². The van der Waals surface area contributed by atoms with Gasteiger partial charge in [-0.3, -0.25) is 9.36 Å². The number of nitrogens with zero attached hydrogens (tertiary/aromatic N) is 1. The Morgan fingerprint density at radius 1 is 1.00 bits per heavy atom. The number of aromatic nitrogens is 1. The summed E-state index contributed by atoms with van der Waals surface area (Å²) in [5.41, 5.74) is 7.57. The van der Waals surface area contributed by atoms with Gasteiger partial charge in [0, 0.05) is 10.8 Å². The zero-order chi connectivity index (χ0) is 12.7. The average Bonchev–Trinajstić information content (AvgIpc) is 2.72. The lowest BCUT2D eigenvalue weighted by Crippen LogP contribution is -2.31. The molecule has 0 saturated carbocycles. The number of hydrogen-bond donors (Lipinski definition) is 1. The minimum absolute atomic E-state index is 0.0765. The highest BCUT2D eigenvalue weighted by Crippen LogP contribution is 2.28. The first-order valence-corrected chi connectivity index (χ1v) is 5.98. The van der Waals surface area contributed by atoms with Gasteiger partial charge in [-0.25, -0.2) is 0 Å². The molecule has 0 radical (unpaired) electrons. The summed E-state index contributed by atoms with van der Waals surface area (Å²) < 4.78 is 1.72. The van der Waals surface area contributed by atoms with E-state index in [1.165, 1.54) is 0 Å². The zero-order valence-electron chi connectivity index (χ0n) is 10.1. The predicted molar refractivity (Wildman–Crippen MR) is 73.7 cm³/mol. The fraction of sp³-hybridized carbons (Fsp3) is 0.133. The first kappa shape index (κ1) is 11.0. The normalized spacial score (nSPS) is 13.0. The SMILES string of the molecule is C[C@H](N)C(=O)n1c2ccccc2c2ccccc21. The second kappa shape index (κ2) is 3.96. The fourth-order valence-electron chi connectivity index (χ4n) is 2.36. The topological polar surface area (TPSA) is 48.0 Å². The molecular formula is C15H14N2O. The number of fused-ring (bicyclic) bond motifs is 3. The van der Waals surface area contributed by atoms with Crippen LogP contribution < -0.4 is 5.73 Å². The van der Waals surface area contributed by atoms with Gasteiger partial charge in [-0.05, 0) is 19.1 Å². The Balaban J connectivity index is 2.49. The van der Waals surface area contributed by atoms with Crippen LogP contribution in [0, 0.1) is 0 Å². The largest absolute Gasteiger partial charge is 0.320 e. The third-order valence-electron chi connectivity index (χ3n) is 3.19. The Bertz CT molecular complexity index is 687. The van der Waals surface area contributed by atoms with Crippen molar-refractivity contribution in [1.29, 1.82) is 0 Å². The molecule has 90 valence electrons. The van der Waals surface area contributed by atoms with Crippen LogP contribution in [0.4, 0.5) is 0 Å². The first-order valence-electron chi connectivity index (χ1n) is 5.98. The van der Waals surface area contributed by atoms with Crippen molar-refractivity contribution in [2.75, 3.05) is 0 Å². The lowest BCUT2D eigenvalue weighted by Gasteiger charge is -2.08. The minimum Gasteiger partial charge on any atom is -0.320 e. The van der Waals surface area contributed by atoms with Crippen molar-refractivity contribution < 1.29 is 4.79 Å². The molecule has 2 N–H and O–H groups in total. The molecule has 0 aliphatic carbocycles. The van der Waals surface area contributed by atoms with Crippen molar-refractivity contribution in [3.05, 3.63) is 48.5 Å². The number of para-hydroxylation sites is 2. The van der Waals surface area contributed by atoms with Crippen LogP contribution in [0.3, 0.4) is 0 Å². The summed E-state index contributed by atoms with van der Waals surface area (Å²) in [4.78, 5) is 12.3. The standard InChI is InChI=1S/C15H14N2O/c1-10(16)15(18)17-13-8-4-2-6-11(13)12-7-3-5-9-14(12)17/h2-10H,16H2,1H3/t10-/m0/s1. The monoisotopic (exact) mass is 238 g/mol. The van der Waals surface area contributed by atoms with Gasteiger partial charge in [0.25, 0.3) is 0 Å². The molecule has 0 aliphatic rings. The molecule has 0 amide bonds. The summed E-state index contributed by atoms with van der Waals surface area (Å²) in [6, 6.07) is 15.3. The molecule has 3 aromatic rings. The molecule has 1 atom stereocenters. The molecule has 0 spiro atoms. The summed E-state index contributed by atoms with van der Waals surface area (Å²) >= 11 is 0. The Morgan fingerprint density at radius 2 is 1.44 bits per heavy atom. The lowest BCUT2D eigenvalue weighted by molar-refractivity contribution is 0.0897. The maximum Gasteiger partial charge on any atom is 0.248 e. The van der Waals surface area contributed by atoms with Gasteiger partial charge in [0.05, 0.1) is 17.1 Å². The van der Waals surface area contributed by atoms with E-state index in [1.807, 2.05) is 48.5 Å². The van der Waals surface area contributed by atoms with E-state index in [9.17, 15) is 4.79 Å². The van der Waals surface area contributed by atoms with Gasteiger partial charge in [-0.1, -0.05) is 36.4 Å². The molecular weight excluding hydrogens is 224 g/mol. The maximum absolute atomic E-state index is 12.3. The van der Waals surface area contributed by atoms with Crippen LogP contribution >= 0.6 is 0 Å². The van der Waals surface area contributed by atoms with Gasteiger partial charge in [0.15, 0.2) is 0 Å². The number of carbonyl (C=O) groups is 1. The van der Waals surface area contributed by atoms with E-state index < -0.39 is 6.04 Å². The number of benzene rings is 2. The van der Waals surface area contributed by atoms with Crippen LogP contribution in [0.25, 0.3) is 21.8 Å². The van der Waals surface area contributed by atoms with Crippen molar-refractivity contribution in [3.8, 4) is 0 Å². The summed E-state index contributed by atoms with van der Waals surface area (Å²) in [5.74, 6) is -0.0765. The molecule has 3 heteroatoms. The van der Waals surface area contributed by atoms with E-state index in [0.717, 1.165) is 21.8 Å². The van der Waals surface area contributed by atoms with Crippen LogP contribution in [-0.4, -0.2) is 16.5 Å². The number of nitrogens with two attached hydrogens (primary N) is 1. The summed E-state index contributed by atoms with van der Waals surface area (Å²) in [6.45, 7) is 1.71. The number of hydrogen-bond acceptors (Lipinski definition) is 2. The Hall–Kier alpha value is -2.13. The highest BCUT2D eigenvalue weighted by molar-refractivity contribution is 6.13. The average molecular weight is 238 g/mol. The Labute approximate surface area is 105 Å². The van der Waals surface area contributed by atoms with E-state index in [2.05, 4.69) is 0 Å². The third kappa shape index (κ3) is 1.45. The molecule has 1 heterocycles. The molecule has 3 rings (SSSR count). The fourth-order valence-corrected chi connectivity index (χ4v) is 2.36. The van der Waals surface area contributed by atoms with Gasteiger partial charge < -0.3 is 5.73 Å². The van der Waals surface area contributed by atoms with E-state index in [0.29, 0.717) is 0 Å². The molecule has 0 aliphatic heterocycles. The second-order valence-electron chi connectivity index (χ2n) is 4.50. The van der Waals surface area contributed by atoms with E-state index in [-0.39, 0.29) is 5.91 Å². The molecule has 0 bridgehead atoms. The van der Waals surface area contributed by atoms with Gasteiger partial charge in [0.2, 0.25) is 5.91 Å². The Morgan fingerprint density at radius 3 is 1.89 bits per heavy atom. The Kier molecular flexibility index (Phi) is 2.42. The van der Waals surface area contributed by atoms with Crippen molar-refractivity contribution in [2.24, 2.45) is 5.73 Å². The summed E-state index contributed by atoms with van der Waals surface area (Å²) in [6.07, 6.45) is 0. The van der Waals surface area contributed by atoms with E-state index in [1.54, 1.807) is 11.5 Å². The van der Waals surface area contributed by atoms with Crippen LogP contribution in [0.2, 0.25) is 0 Å². The molecule has 1 aromatic heterocycles. The molecule has 2 aromatic carbocycles. The lowest BCUT2D eigenvalue weighted by atomic mass is 10.2. The minimum atomic E-state index is -0.510. The maximum atomic E-state index is 12.3. The zero-order valence-corrected chi connectivity index (χ0v) is 10.1. The molecule has 18 heavy (non-hydrogen) atoms. The molecule has 0 fully saturated rings. The van der Waals surface area contributed by atoms with E-state index in [4.69, 9.17) is 5.73 Å². The third-order valence-corrected chi connectivity index (χ3v) is 3.19. The van der Waals surface area contributed by atoms with Crippen molar-refractivity contribution >= 4 is 27.7 Å². The number of carbonyl (C=O) groups excluding carboxylic acids is 1. The van der Waals surface area contributed by atoms with Crippen LogP contribution in [-0.2, 0) is 0 Å². The second-order valence-corrected chi connectivity index (χ2v) is 4.50. The highest BCUT2D eigenvalue weighted by atomic mass is 16.2. The van der Waals surface area contributed by atoms with Crippen molar-refractivity contribution in [1.82, 2.24) is 4.57 Å². The predicted octanol–water partition coefficient (Wildman–Crippen LogP) is 2.78. The van der Waals surface area contributed by atoms with Crippen LogP contribution in [0.15, 0.2) is 48.5 Å².